The first-order valence-corrected chi connectivity index (χ1v) is 38.4. The molecule has 0 unspecified atom stereocenters. The number of rotatable bonds is 4. The van der Waals surface area contributed by atoms with Crippen molar-refractivity contribution in [2.75, 3.05) is 9.80 Å². The van der Waals surface area contributed by atoms with Gasteiger partial charge in [0.25, 0.3) is 6.71 Å². The zero-order valence-corrected chi connectivity index (χ0v) is 59.2. The van der Waals surface area contributed by atoms with E-state index in [1.54, 1.807) is 0 Å². The standard InChI is InChI=1S/C105H62BN3/c1-2-27-63(28-3-1)64-53-55-65(56-54-64)108-95-61-66(107-91-50-24-13-38-76(91)77-39-14-25-51-92(77)107)62-96-100(95)106(90-59-57-80-75-37-12-23-49-89(75)105(99(80)102(90)108)85-45-19-8-33-71(85)72-34-9-20-46-86(72)105)101-94(60-58-79-74-36-11-22-48-88(74)104(98(79)101)83-43-17-6-31-69(83)70-32-7-18-44-84(70)104)109(96)93-52-26-40-78-73-35-10-21-47-87(73)103(97(78)93)81-41-15-4-29-67(81)68-30-5-16-42-82(68)103/h1-62H. The lowest BCUT2D eigenvalue weighted by Crippen LogP contribution is -2.63. The lowest BCUT2D eigenvalue weighted by Gasteiger charge is -2.48. The Hall–Kier alpha value is -13.8. The normalized spacial score (nSPS) is 15.0. The number of para-hydroxylation sites is 2. The molecular weight excluding hydrogens is 1310 g/mol. The molecule has 26 rings (SSSR count). The van der Waals surface area contributed by atoms with E-state index in [-0.39, 0.29) is 6.71 Å². The summed E-state index contributed by atoms with van der Waals surface area (Å²) in [6.45, 7) is -0.354. The average molecular weight is 1380 g/mol. The molecule has 0 fully saturated rings. The molecule has 0 atom stereocenters. The summed E-state index contributed by atoms with van der Waals surface area (Å²) in [5, 5.41) is 2.44. The largest absolute Gasteiger partial charge is 0.311 e. The second-order valence-corrected chi connectivity index (χ2v) is 31.0. The summed E-state index contributed by atoms with van der Waals surface area (Å²) < 4.78 is 2.59. The molecule has 4 heteroatoms. The fourth-order valence-corrected chi connectivity index (χ4v) is 22.9. The number of hydrogen-bond donors (Lipinski definition) is 0. The van der Waals surface area contributed by atoms with Crippen LogP contribution < -0.4 is 26.2 Å². The zero-order chi connectivity index (χ0) is 70.7. The molecule has 8 aliphatic rings. The fraction of sp³-hybridized carbons (Fsp3) is 0.0286. The molecular formula is C105H62BN3. The highest BCUT2D eigenvalue weighted by atomic mass is 15.2. The Balaban J connectivity index is 0.886. The smallest absolute Gasteiger partial charge is 0.252 e. The molecule has 0 N–H and O–H groups in total. The van der Waals surface area contributed by atoms with Crippen molar-refractivity contribution in [2.24, 2.45) is 0 Å². The molecule has 3 spiro atoms. The number of anilines is 6. The van der Waals surface area contributed by atoms with Crippen LogP contribution in [0.5, 0.6) is 0 Å². The van der Waals surface area contributed by atoms with Gasteiger partial charge in [0.15, 0.2) is 0 Å². The van der Waals surface area contributed by atoms with Crippen LogP contribution in [-0.2, 0) is 16.2 Å². The third kappa shape index (κ3) is 6.88. The van der Waals surface area contributed by atoms with Crippen molar-refractivity contribution in [3.05, 3.63) is 443 Å². The number of hydrogen-bond acceptors (Lipinski definition) is 2. The van der Waals surface area contributed by atoms with Crippen LogP contribution in [0.1, 0.15) is 66.8 Å². The second-order valence-electron chi connectivity index (χ2n) is 31.0. The second kappa shape index (κ2) is 20.8. The van der Waals surface area contributed by atoms with Gasteiger partial charge in [-0.1, -0.05) is 328 Å². The molecule has 2 aliphatic heterocycles. The topological polar surface area (TPSA) is 11.4 Å². The molecule has 0 amide bonds. The molecule has 18 aromatic rings. The maximum absolute atomic E-state index is 2.82. The van der Waals surface area contributed by atoms with Gasteiger partial charge in [-0.05, 0) is 198 Å². The van der Waals surface area contributed by atoms with Gasteiger partial charge in [-0.15, -0.1) is 0 Å². The molecule has 3 nitrogen and oxygen atoms in total. The highest BCUT2D eigenvalue weighted by Gasteiger charge is 2.61. The van der Waals surface area contributed by atoms with Gasteiger partial charge in [0, 0.05) is 50.3 Å². The Kier molecular flexibility index (Phi) is 11.2. The maximum atomic E-state index is 2.82. The van der Waals surface area contributed by atoms with Gasteiger partial charge in [-0.25, -0.2) is 0 Å². The Morgan fingerprint density at radius 3 is 1.03 bits per heavy atom. The third-order valence-corrected chi connectivity index (χ3v) is 26.6. The van der Waals surface area contributed by atoms with E-state index in [4.69, 9.17) is 0 Å². The summed E-state index contributed by atoms with van der Waals surface area (Å²) >= 11 is 0. The molecule has 0 radical (unpaired) electrons. The van der Waals surface area contributed by atoms with Crippen molar-refractivity contribution >= 4 is 79.0 Å². The van der Waals surface area contributed by atoms with Gasteiger partial charge < -0.3 is 14.4 Å². The summed E-state index contributed by atoms with van der Waals surface area (Å²) in [5.74, 6) is 0. The fourth-order valence-electron chi connectivity index (χ4n) is 22.9. The van der Waals surface area contributed by atoms with E-state index >= 15 is 0 Å². The summed E-state index contributed by atoms with van der Waals surface area (Å²) in [6.07, 6.45) is 0. The van der Waals surface area contributed by atoms with Crippen LogP contribution in [0.4, 0.5) is 34.1 Å². The number of fused-ring (bicyclic) bond motifs is 39. The van der Waals surface area contributed by atoms with Gasteiger partial charge in [0.1, 0.15) is 0 Å². The van der Waals surface area contributed by atoms with E-state index in [0.29, 0.717) is 0 Å². The van der Waals surface area contributed by atoms with Crippen LogP contribution in [0.25, 0.3) is 105 Å². The van der Waals surface area contributed by atoms with Crippen LogP contribution >= 0.6 is 0 Å². The quantitative estimate of drug-likeness (QED) is 0.163. The molecule has 109 heavy (non-hydrogen) atoms. The molecule has 500 valence electrons. The van der Waals surface area contributed by atoms with Crippen LogP contribution in [-0.4, -0.2) is 11.3 Å². The molecule has 1 aromatic heterocycles. The minimum Gasteiger partial charge on any atom is -0.311 e. The Morgan fingerprint density at radius 2 is 0.560 bits per heavy atom. The first-order valence-electron chi connectivity index (χ1n) is 38.4. The van der Waals surface area contributed by atoms with Crippen molar-refractivity contribution in [3.63, 3.8) is 0 Å². The summed E-state index contributed by atoms with van der Waals surface area (Å²) in [7, 11) is 0. The summed E-state index contributed by atoms with van der Waals surface area (Å²) in [6, 6.07) is 146. The first kappa shape index (κ1) is 58.5. The lowest BCUT2D eigenvalue weighted by atomic mass is 9.31. The Bertz CT molecular complexity index is 6910. The number of benzene rings is 17. The van der Waals surface area contributed by atoms with Crippen LogP contribution in [0.3, 0.4) is 0 Å². The molecule has 0 saturated carbocycles. The molecule has 3 heterocycles. The van der Waals surface area contributed by atoms with Crippen LogP contribution in [0, 0.1) is 0 Å². The highest BCUT2D eigenvalue weighted by molar-refractivity contribution is 7.01. The highest BCUT2D eigenvalue weighted by Crippen LogP contribution is 2.70. The van der Waals surface area contributed by atoms with Crippen molar-refractivity contribution in [2.45, 2.75) is 16.2 Å². The minimum atomic E-state index is -0.738. The Morgan fingerprint density at radius 1 is 0.211 bits per heavy atom. The zero-order valence-electron chi connectivity index (χ0n) is 59.2. The van der Waals surface area contributed by atoms with Gasteiger partial charge in [-0.2, -0.15) is 0 Å². The van der Waals surface area contributed by atoms with E-state index < -0.39 is 16.2 Å². The SMILES string of the molecule is c1ccc(-c2ccc(N3c4cc(-n5c6ccccc6c6ccccc65)cc5c4B(c4ccc6c(c43)C3(c4ccccc4-c4ccccc43)c3ccccc3-6)c3c(ccc4c3C3(c6ccccc6-c6ccccc63)c3ccccc3-4)N5c3cccc4c3C3(c5ccccc5-c5ccccc53)c3ccccc3-4)cc2)cc1. The summed E-state index contributed by atoms with van der Waals surface area (Å²) in [5.41, 5.74) is 45.5. The predicted octanol–water partition coefficient (Wildman–Crippen LogP) is 23.6. The van der Waals surface area contributed by atoms with Crippen molar-refractivity contribution in [3.8, 4) is 83.6 Å². The lowest BCUT2D eigenvalue weighted by molar-refractivity contribution is 0.791. The predicted molar refractivity (Wildman–Crippen MR) is 449 cm³/mol. The summed E-state index contributed by atoms with van der Waals surface area (Å²) in [4.78, 5) is 5.59. The Labute approximate surface area is 631 Å². The monoisotopic (exact) mass is 1380 g/mol. The van der Waals surface area contributed by atoms with Gasteiger partial charge >= 0.3 is 0 Å². The van der Waals surface area contributed by atoms with Gasteiger partial charge in [-0.3, -0.25) is 0 Å². The minimum absolute atomic E-state index is 0.354. The van der Waals surface area contributed by atoms with E-state index in [0.717, 1.165) is 39.5 Å². The molecule has 6 aliphatic carbocycles. The van der Waals surface area contributed by atoms with E-state index in [9.17, 15) is 0 Å². The number of nitrogens with zero attached hydrogens (tertiary/aromatic N) is 3. The van der Waals surface area contributed by atoms with Gasteiger partial charge in [0.2, 0.25) is 0 Å². The van der Waals surface area contributed by atoms with Crippen molar-refractivity contribution in [1.82, 2.24) is 4.57 Å². The van der Waals surface area contributed by atoms with E-state index in [1.165, 1.54) is 183 Å². The van der Waals surface area contributed by atoms with Crippen molar-refractivity contribution < 1.29 is 0 Å². The third-order valence-electron chi connectivity index (χ3n) is 26.6. The molecule has 0 saturated heterocycles. The van der Waals surface area contributed by atoms with E-state index in [1.807, 2.05) is 0 Å². The van der Waals surface area contributed by atoms with Crippen LogP contribution in [0.15, 0.2) is 376 Å². The van der Waals surface area contributed by atoms with Gasteiger partial charge in [0.05, 0.1) is 38.7 Å². The van der Waals surface area contributed by atoms with Crippen LogP contribution in [0.2, 0.25) is 0 Å². The van der Waals surface area contributed by atoms with Crippen molar-refractivity contribution in [1.29, 1.82) is 0 Å². The molecule has 0 bridgehead atoms. The first-order chi connectivity index (χ1) is 54.1. The van der Waals surface area contributed by atoms with E-state index in [2.05, 4.69) is 390 Å². The number of aromatic nitrogens is 1. The molecule has 17 aromatic carbocycles. The average Bonchev–Trinajstić information content (AvgIpc) is 1.54. The maximum Gasteiger partial charge on any atom is 0.252 e.